The molecule has 2 heterocycles. The number of aliphatic hydroxyl groups is 1. The molecule has 2 unspecified atom stereocenters. The number of ether oxygens (including phenoxy) is 1. The van der Waals surface area contributed by atoms with E-state index < -0.39 is 11.0 Å². The van der Waals surface area contributed by atoms with Crippen LogP contribution in [0.25, 0.3) is 0 Å². The fourth-order valence-corrected chi connectivity index (χ4v) is 2.50. The molecule has 2 aliphatic rings. The van der Waals surface area contributed by atoms with Gasteiger partial charge in [0.1, 0.15) is 5.41 Å². The smallest absolute Gasteiger partial charge is 0.113 e. The number of hydrogen-bond acceptors (Lipinski definition) is 4. The number of hydrogen-bond donors (Lipinski definition) is 1. The molecule has 0 spiro atoms. The first-order chi connectivity index (χ1) is 6.62. The molecule has 0 aromatic carbocycles. The van der Waals surface area contributed by atoms with Gasteiger partial charge in [-0.25, -0.2) is 0 Å². The zero-order valence-corrected chi connectivity index (χ0v) is 8.49. The van der Waals surface area contributed by atoms with Gasteiger partial charge in [0.25, 0.3) is 0 Å². The minimum atomic E-state index is -0.868. The van der Waals surface area contributed by atoms with Crippen LogP contribution in [0.4, 0.5) is 0 Å². The second-order valence-electron chi connectivity index (χ2n) is 4.52. The molecule has 2 aliphatic heterocycles. The third-order valence-corrected chi connectivity index (χ3v) is 3.57. The van der Waals surface area contributed by atoms with Crippen molar-refractivity contribution in [3.63, 3.8) is 0 Å². The second-order valence-corrected chi connectivity index (χ2v) is 4.52. The van der Waals surface area contributed by atoms with Crippen molar-refractivity contribution in [1.29, 1.82) is 5.26 Å². The molecule has 78 valence electrons. The van der Waals surface area contributed by atoms with Crippen LogP contribution >= 0.6 is 0 Å². The van der Waals surface area contributed by atoms with E-state index in [2.05, 4.69) is 11.0 Å². The molecule has 0 aromatic rings. The van der Waals surface area contributed by atoms with E-state index in [-0.39, 0.29) is 0 Å². The summed E-state index contributed by atoms with van der Waals surface area (Å²) in [4.78, 5) is 2.07. The highest BCUT2D eigenvalue weighted by Crippen LogP contribution is 2.43. The number of nitrogens with zero attached hydrogens (tertiary/aromatic N) is 2. The van der Waals surface area contributed by atoms with Crippen LogP contribution < -0.4 is 0 Å². The molecule has 14 heavy (non-hydrogen) atoms. The van der Waals surface area contributed by atoms with Crippen LogP contribution in [0.5, 0.6) is 0 Å². The molecule has 2 fully saturated rings. The van der Waals surface area contributed by atoms with Gasteiger partial charge in [-0.2, -0.15) is 5.26 Å². The summed E-state index contributed by atoms with van der Waals surface area (Å²) >= 11 is 0. The first kappa shape index (κ1) is 9.91. The van der Waals surface area contributed by atoms with Crippen LogP contribution in [-0.4, -0.2) is 49.0 Å². The van der Waals surface area contributed by atoms with E-state index in [4.69, 9.17) is 4.74 Å². The lowest BCUT2D eigenvalue weighted by Crippen LogP contribution is -2.49. The van der Waals surface area contributed by atoms with Crippen LogP contribution in [0, 0.1) is 16.7 Å². The second kappa shape index (κ2) is 3.20. The Morgan fingerprint density at radius 2 is 2.29 bits per heavy atom. The van der Waals surface area contributed by atoms with Gasteiger partial charge in [0.05, 0.1) is 18.3 Å². The van der Waals surface area contributed by atoms with E-state index in [0.29, 0.717) is 32.6 Å². The minimum Gasteiger partial charge on any atom is -0.387 e. The Kier molecular flexibility index (Phi) is 2.26. The van der Waals surface area contributed by atoms with Crippen LogP contribution in [0.2, 0.25) is 0 Å². The molecule has 0 aromatic heterocycles. The predicted molar refractivity (Wildman–Crippen MR) is 50.5 cm³/mol. The summed E-state index contributed by atoms with van der Waals surface area (Å²) in [6.45, 7) is 2.43. The van der Waals surface area contributed by atoms with Gasteiger partial charge in [0.2, 0.25) is 0 Å². The Hall–Kier alpha value is -0.630. The molecule has 4 nitrogen and oxygen atoms in total. The monoisotopic (exact) mass is 196 g/mol. The summed E-state index contributed by atoms with van der Waals surface area (Å²) in [5.41, 5.74) is -1.54. The fourth-order valence-electron chi connectivity index (χ4n) is 2.50. The molecular formula is C10H16N2O2. The maximum atomic E-state index is 10.5. The molecular weight excluding hydrogens is 180 g/mol. The molecule has 0 saturated carbocycles. The number of β-amino-alcohol motifs (C(OH)–C–C–N with tert-alkyl or cyclic N) is 1. The summed E-state index contributed by atoms with van der Waals surface area (Å²) in [6, 6.07) is 2.28. The average Bonchev–Trinajstić information content (AvgIpc) is 2.74. The maximum absolute atomic E-state index is 10.5. The number of likely N-dealkylation sites (N-methyl/N-ethyl adjacent to an activating group) is 1. The van der Waals surface area contributed by atoms with E-state index in [1.54, 1.807) is 0 Å². The van der Waals surface area contributed by atoms with Gasteiger partial charge in [-0.1, -0.05) is 0 Å². The van der Waals surface area contributed by atoms with E-state index >= 15 is 0 Å². The van der Waals surface area contributed by atoms with Gasteiger partial charge in [-0.05, 0) is 19.9 Å². The van der Waals surface area contributed by atoms with E-state index in [9.17, 15) is 10.4 Å². The van der Waals surface area contributed by atoms with Gasteiger partial charge in [-0.15, -0.1) is 0 Å². The highest BCUT2D eigenvalue weighted by atomic mass is 16.5. The summed E-state index contributed by atoms with van der Waals surface area (Å²) < 4.78 is 5.26. The van der Waals surface area contributed by atoms with Crippen LogP contribution in [0.1, 0.15) is 12.8 Å². The highest BCUT2D eigenvalue weighted by molar-refractivity contribution is 5.16. The highest BCUT2D eigenvalue weighted by Gasteiger charge is 2.55. The molecule has 2 rings (SSSR count). The van der Waals surface area contributed by atoms with Crippen molar-refractivity contribution in [2.75, 3.05) is 33.4 Å². The predicted octanol–water partition coefficient (Wildman–Crippen LogP) is -0.0167. The Morgan fingerprint density at radius 1 is 1.50 bits per heavy atom. The van der Waals surface area contributed by atoms with Gasteiger partial charge in [0.15, 0.2) is 0 Å². The molecule has 2 saturated heterocycles. The van der Waals surface area contributed by atoms with Gasteiger partial charge in [-0.3, -0.25) is 0 Å². The lowest BCUT2D eigenvalue weighted by atomic mass is 9.71. The van der Waals surface area contributed by atoms with Gasteiger partial charge >= 0.3 is 0 Å². The van der Waals surface area contributed by atoms with Crippen molar-refractivity contribution in [3.05, 3.63) is 0 Å². The van der Waals surface area contributed by atoms with Gasteiger partial charge in [0, 0.05) is 19.7 Å². The Labute approximate surface area is 84.1 Å². The molecule has 1 N–H and O–H groups in total. The summed E-state index contributed by atoms with van der Waals surface area (Å²) in [6.07, 6.45) is 1.34. The largest absolute Gasteiger partial charge is 0.387 e. The lowest BCUT2D eigenvalue weighted by molar-refractivity contribution is -0.0472. The number of rotatable bonds is 1. The molecule has 0 aliphatic carbocycles. The molecule has 2 atom stereocenters. The first-order valence-electron chi connectivity index (χ1n) is 5.02. The maximum Gasteiger partial charge on any atom is 0.113 e. The van der Waals surface area contributed by atoms with Crippen molar-refractivity contribution >= 4 is 0 Å². The fraction of sp³-hybridized carbons (Fsp3) is 0.900. The van der Waals surface area contributed by atoms with E-state index in [0.717, 1.165) is 6.54 Å². The van der Waals surface area contributed by atoms with Gasteiger partial charge < -0.3 is 14.7 Å². The van der Waals surface area contributed by atoms with Crippen LogP contribution in [0.3, 0.4) is 0 Å². The molecule has 0 radical (unpaired) electrons. The third kappa shape index (κ3) is 1.24. The van der Waals surface area contributed by atoms with Crippen molar-refractivity contribution in [2.45, 2.75) is 18.4 Å². The Balaban J connectivity index is 2.24. The topological polar surface area (TPSA) is 56.5 Å². The Morgan fingerprint density at radius 3 is 2.71 bits per heavy atom. The van der Waals surface area contributed by atoms with E-state index in [1.165, 1.54) is 0 Å². The normalized spacial score (nSPS) is 44.1. The zero-order chi connectivity index (χ0) is 10.2. The van der Waals surface area contributed by atoms with Crippen molar-refractivity contribution in [3.8, 4) is 6.07 Å². The molecule has 4 heteroatoms. The van der Waals surface area contributed by atoms with Crippen molar-refractivity contribution < 1.29 is 9.84 Å². The molecule has 0 amide bonds. The summed E-state index contributed by atoms with van der Waals surface area (Å²) in [5.74, 6) is 0. The van der Waals surface area contributed by atoms with Crippen LogP contribution in [-0.2, 0) is 4.74 Å². The SMILES string of the molecule is CN1CCC(O)(C2(C#N)CCOC2)C1. The van der Waals surface area contributed by atoms with E-state index in [1.807, 2.05) is 7.05 Å². The van der Waals surface area contributed by atoms with Crippen molar-refractivity contribution in [1.82, 2.24) is 4.90 Å². The zero-order valence-electron chi connectivity index (χ0n) is 8.49. The molecule has 0 bridgehead atoms. The standard InChI is InChI=1S/C10H16N2O2/c1-12-4-2-10(13,7-12)9(6-11)3-5-14-8-9/h13H,2-5,7-8H2,1H3. The summed E-state index contributed by atoms with van der Waals surface area (Å²) in [5, 5.41) is 19.7. The minimum absolute atomic E-state index is 0.383. The quantitative estimate of drug-likeness (QED) is 0.640. The average molecular weight is 196 g/mol. The summed E-state index contributed by atoms with van der Waals surface area (Å²) in [7, 11) is 1.97. The lowest BCUT2D eigenvalue weighted by Gasteiger charge is -2.35. The van der Waals surface area contributed by atoms with Crippen molar-refractivity contribution in [2.24, 2.45) is 5.41 Å². The number of nitriles is 1. The third-order valence-electron chi connectivity index (χ3n) is 3.57. The Bertz CT molecular complexity index is 268. The number of likely N-dealkylation sites (tertiary alicyclic amines) is 1. The first-order valence-corrected chi connectivity index (χ1v) is 5.02. The van der Waals surface area contributed by atoms with Crippen LogP contribution in [0.15, 0.2) is 0 Å².